The number of aliphatic hydroxyl groups excluding tert-OH is 1. The first-order valence-corrected chi connectivity index (χ1v) is 12.7. The number of carbonyl (C=O) groups excluding carboxylic acids is 2. The predicted molar refractivity (Wildman–Crippen MR) is 148 cm³/mol. The zero-order chi connectivity index (χ0) is 27.1. The molecular formula is C29H34N4O5. The normalized spacial score (nSPS) is 14.8. The van der Waals surface area contributed by atoms with Gasteiger partial charge < -0.3 is 24.5 Å². The number of likely N-dealkylation sites (tertiary alicyclic amines) is 1. The number of piperidine rings is 1. The predicted octanol–water partition coefficient (Wildman–Crippen LogP) is 5.00. The number of fused-ring (bicyclic) bond motifs is 1. The highest BCUT2D eigenvalue weighted by atomic mass is 16.5. The number of hydrogen-bond donors (Lipinski definition) is 3. The van der Waals surface area contributed by atoms with Crippen molar-refractivity contribution in [2.45, 2.75) is 32.3 Å². The van der Waals surface area contributed by atoms with E-state index in [0.717, 1.165) is 39.7 Å². The van der Waals surface area contributed by atoms with E-state index in [4.69, 9.17) is 9.47 Å². The first-order chi connectivity index (χ1) is 18.4. The molecule has 0 saturated carbocycles. The summed E-state index contributed by atoms with van der Waals surface area (Å²) < 4.78 is 10.2. The monoisotopic (exact) mass is 518 g/mol. The lowest BCUT2D eigenvalue weighted by molar-refractivity contribution is 0.0547. The Morgan fingerprint density at radius 2 is 1.97 bits per heavy atom. The third kappa shape index (κ3) is 6.12. The molecule has 0 atom stereocenters. The fraction of sp³-hybridized carbons (Fsp3) is 0.345. The van der Waals surface area contributed by atoms with E-state index in [1.807, 2.05) is 30.5 Å². The molecule has 1 aromatic carbocycles. The molecule has 9 nitrogen and oxygen atoms in total. The van der Waals surface area contributed by atoms with Crippen LogP contribution in [0.3, 0.4) is 0 Å². The second kappa shape index (κ2) is 12.5. The first-order valence-electron chi connectivity index (χ1n) is 12.7. The molecule has 4 rings (SSSR count). The third-order valence-electron chi connectivity index (χ3n) is 6.60. The Morgan fingerprint density at radius 1 is 1.18 bits per heavy atom. The maximum absolute atomic E-state index is 13.5. The van der Waals surface area contributed by atoms with Crippen molar-refractivity contribution in [1.82, 2.24) is 14.9 Å². The fourth-order valence-corrected chi connectivity index (χ4v) is 4.53. The van der Waals surface area contributed by atoms with Crippen molar-refractivity contribution in [1.29, 1.82) is 0 Å². The van der Waals surface area contributed by atoms with Crippen LogP contribution in [0.15, 0.2) is 54.9 Å². The van der Waals surface area contributed by atoms with Crippen LogP contribution < -0.4 is 5.32 Å². The van der Waals surface area contributed by atoms with Crippen molar-refractivity contribution in [2.24, 2.45) is 0 Å². The number of aromatic amines is 1. The van der Waals surface area contributed by atoms with E-state index in [2.05, 4.69) is 28.3 Å². The lowest BCUT2D eigenvalue weighted by Crippen LogP contribution is -2.40. The van der Waals surface area contributed by atoms with Gasteiger partial charge >= 0.3 is 6.09 Å². The van der Waals surface area contributed by atoms with Gasteiger partial charge in [0.2, 0.25) is 0 Å². The van der Waals surface area contributed by atoms with E-state index in [9.17, 15) is 14.7 Å². The van der Waals surface area contributed by atoms with Crippen LogP contribution in [-0.2, 0) is 9.47 Å². The maximum Gasteiger partial charge on any atom is 0.411 e. The zero-order valence-electron chi connectivity index (χ0n) is 22.0. The van der Waals surface area contributed by atoms with Crippen LogP contribution in [0, 0.1) is 0 Å². The Hall–Kier alpha value is -3.95. The Labute approximate surface area is 222 Å². The number of pyridine rings is 1. The number of aliphatic hydroxyl groups is 1. The lowest BCUT2D eigenvalue weighted by atomic mass is 9.99. The van der Waals surface area contributed by atoms with Gasteiger partial charge in [-0.1, -0.05) is 31.2 Å². The highest BCUT2D eigenvalue weighted by Crippen LogP contribution is 2.31. The Morgan fingerprint density at radius 3 is 2.68 bits per heavy atom. The lowest BCUT2D eigenvalue weighted by Gasteiger charge is -2.30. The quantitative estimate of drug-likeness (QED) is 0.361. The number of H-pyrrole nitrogens is 1. The number of benzene rings is 1. The largest absolute Gasteiger partial charge is 0.453 e. The second-order valence-electron chi connectivity index (χ2n) is 9.18. The van der Waals surface area contributed by atoms with Crippen LogP contribution in [0.4, 0.5) is 10.5 Å². The van der Waals surface area contributed by atoms with E-state index in [1.165, 1.54) is 7.11 Å². The van der Waals surface area contributed by atoms with Gasteiger partial charge in [0.1, 0.15) is 5.65 Å². The zero-order valence-corrected chi connectivity index (χ0v) is 22.0. The number of allylic oxidation sites excluding steroid dienone is 3. The van der Waals surface area contributed by atoms with Gasteiger partial charge in [0.15, 0.2) is 0 Å². The first kappa shape index (κ1) is 27.1. The summed E-state index contributed by atoms with van der Waals surface area (Å²) in [6.07, 6.45) is 10.8. The van der Waals surface area contributed by atoms with Crippen molar-refractivity contribution in [2.75, 3.05) is 39.2 Å². The minimum atomic E-state index is -0.657. The van der Waals surface area contributed by atoms with Gasteiger partial charge in [-0.3, -0.25) is 10.1 Å². The number of rotatable bonds is 8. The number of ether oxygens (including phenoxy) is 2. The van der Waals surface area contributed by atoms with Gasteiger partial charge in [0, 0.05) is 49.1 Å². The number of nitrogens with zero attached hydrogens (tertiary/aromatic N) is 2. The Kier molecular flexibility index (Phi) is 8.93. The van der Waals surface area contributed by atoms with Gasteiger partial charge in [0.05, 0.1) is 31.1 Å². The molecule has 0 bridgehead atoms. The molecule has 3 aromatic rings. The molecule has 1 saturated heterocycles. The van der Waals surface area contributed by atoms with E-state index in [-0.39, 0.29) is 5.91 Å². The van der Waals surface area contributed by atoms with Crippen LogP contribution >= 0.6 is 0 Å². The summed E-state index contributed by atoms with van der Waals surface area (Å²) in [4.78, 5) is 35.0. The van der Waals surface area contributed by atoms with Crippen LogP contribution in [0.2, 0.25) is 0 Å². The number of nitrogens with one attached hydrogen (secondary N) is 2. The van der Waals surface area contributed by atoms with Crippen LogP contribution in [0.1, 0.15) is 42.1 Å². The maximum atomic E-state index is 13.5. The molecule has 2 aromatic heterocycles. The van der Waals surface area contributed by atoms with Crippen LogP contribution in [0.25, 0.3) is 27.7 Å². The topological polar surface area (TPSA) is 117 Å². The summed E-state index contributed by atoms with van der Waals surface area (Å²) >= 11 is 0. The molecule has 0 spiro atoms. The molecule has 9 heteroatoms. The van der Waals surface area contributed by atoms with Crippen molar-refractivity contribution < 1.29 is 24.2 Å². The molecule has 3 N–H and O–H groups in total. The van der Waals surface area contributed by atoms with Crippen molar-refractivity contribution in [3.8, 4) is 11.1 Å². The SMILES string of the molecule is CC/C=C\C=C(/COC)c1c[nH]c2ncc(-c3ccc(NC(=O)OC)c(C(=O)N4CCC(O)CC4)c3)cc12. The number of methoxy groups -OCH3 is 2. The van der Waals surface area contributed by atoms with Gasteiger partial charge in [0.25, 0.3) is 5.91 Å². The fourth-order valence-electron chi connectivity index (χ4n) is 4.53. The summed E-state index contributed by atoms with van der Waals surface area (Å²) in [5.41, 5.74) is 5.08. The Bertz CT molecular complexity index is 1350. The molecule has 3 heterocycles. The average Bonchev–Trinajstić information content (AvgIpc) is 3.36. The van der Waals surface area contributed by atoms with E-state index < -0.39 is 12.2 Å². The van der Waals surface area contributed by atoms with Crippen LogP contribution in [-0.4, -0.2) is 72.0 Å². The molecule has 2 amide bonds. The average molecular weight is 519 g/mol. The molecule has 38 heavy (non-hydrogen) atoms. The van der Waals surface area contributed by atoms with Gasteiger partial charge in [-0.05, 0) is 48.6 Å². The third-order valence-corrected chi connectivity index (χ3v) is 6.60. The summed E-state index contributed by atoms with van der Waals surface area (Å²) in [6, 6.07) is 7.35. The van der Waals surface area contributed by atoms with Gasteiger partial charge in [-0.15, -0.1) is 0 Å². The Balaban J connectivity index is 1.75. The standard InChI is InChI=1S/C29H34N4O5/c1-4-5-6-7-20(18-37-2)25-17-31-27-23(25)15-21(16-30-27)19-8-9-26(32-29(36)38-3)24(14-19)28(35)33-12-10-22(34)11-13-33/h5-9,14-17,22,34H,4,10-13,18H2,1-3H3,(H,30,31)(H,32,36)/b6-5-,20-7+. The number of carbonyl (C=O) groups is 2. The number of hydrogen-bond acceptors (Lipinski definition) is 6. The highest BCUT2D eigenvalue weighted by Gasteiger charge is 2.25. The number of amides is 2. The smallest absolute Gasteiger partial charge is 0.411 e. The minimum Gasteiger partial charge on any atom is -0.453 e. The summed E-state index contributed by atoms with van der Waals surface area (Å²) in [5.74, 6) is -0.213. The van der Waals surface area contributed by atoms with Crippen molar-refractivity contribution >= 4 is 34.3 Å². The number of anilines is 1. The van der Waals surface area contributed by atoms with Gasteiger partial charge in [-0.25, -0.2) is 9.78 Å². The summed E-state index contributed by atoms with van der Waals surface area (Å²) in [6.45, 7) is 3.43. The molecule has 0 aliphatic carbocycles. The van der Waals surface area contributed by atoms with E-state index in [0.29, 0.717) is 43.8 Å². The molecule has 0 unspecified atom stereocenters. The second-order valence-corrected chi connectivity index (χ2v) is 9.18. The van der Waals surface area contributed by atoms with E-state index in [1.54, 1.807) is 30.3 Å². The highest BCUT2D eigenvalue weighted by molar-refractivity contribution is 6.04. The molecule has 200 valence electrons. The summed E-state index contributed by atoms with van der Waals surface area (Å²) in [5, 5.41) is 13.4. The molecule has 1 aliphatic rings. The summed E-state index contributed by atoms with van der Waals surface area (Å²) in [7, 11) is 2.94. The number of aromatic nitrogens is 2. The molecule has 0 radical (unpaired) electrons. The molecule has 1 fully saturated rings. The van der Waals surface area contributed by atoms with Crippen LogP contribution in [0.5, 0.6) is 0 Å². The van der Waals surface area contributed by atoms with Gasteiger partial charge in [-0.2, -0.15) is 0 Å². The minimum absolute atomic E-state index is 0.213. The molecule has 1 aliphatic heterocycles. The van der Waals surface area contributed by atoms with E-state index >= 15 is 0 Å². The van der Waals surface area contributed by atoms with Crippen molar-refractivity contribution in [3.63, 3.8) is 0 Å². The molecular weight excluding hydrogens is 484 g/mol. The van der Waals surface area contributed by atoms with Crippen molar-refractivity contribution in [3.05, 3.63) is 66.0 Å².